The number of nitrogens with one attached hydrogen (secondary N) is 4. The van der Waals surface area contributed by atoms with E-state index in [0.29, 0.717) is 32.2 Å². The Bertz CT molecular complexity index is 636. The monoisotopic (exact) mass is 429 g/mol. The average Bonchev–Trinajstić information content (AvgIpc) is 3.21. The fourth-order valence-electron chi connectivity index (χ4n) is 2.99. The SMILES string of the molecule is CC(NC(=O)C(CCCCN)NC(=O)C1CCCN1)C(=O)NC(CC(=O)O)C(=O)O. The van der Waals surface area contributed by atoms with E-state index in [9.17, 15) is 24.0 Å². The minimum absolute atomic E-state index is 0.301. The van der Waals surface area contributed by atoms with E-state index in [2.05, 4.69) is 21.3 Å². The molecular weight excluding hydrogens is 398 g/mol. The minimum Gasteiger partial charge on any atom is -0.481 e. The molecule has 170 valence electrons. The number of carbonyl (C=O) groups excluding carboxylic acids is 3. The summed E-state index contributed by atoms with van der Waals surface area (Å²) in [5.41, 5.74) is 5.48. The van der Waals surface area contributed by atoms with Crippen molar-refractivity contribution < 1.29 is 34.2 Å². The van der Waals surface area contributed by atoms with Crippen LogP contribution in [0.3, 0.4) is 0 Å². The first kappa shape index (κ1) is 25.3. The van der Waals surface area contributed by atoms with Crippen LogP contribution in [0.5, 0.6) is 0 Å². The molecule has 1 heterocycles. The van der Waals surface area contributed by atoms with Gasteiger partial charge in [0, 0.05) is 0 Å². The summed E-state index contributed by atoms with van der Waals surface area (Å²) in [5.74, 6) is -4.62. The summed E-state index contributed by atoms with van der Waals surface area (Å²) in [6.45, 7) is 2.50. The van der Waals surface area contributed by atoms with E-state index < -0.39 is 48.3 Å². The Kier molecular flexibility index (Phi) is 10.8. The maximum absolute atomic E-state index is 12.6. The Balaban J connectivity index is 2.69. The van der Waals surface area contributed by atoms with E-state index in [4.69, 9.17) is 15.9 Å². The van der Waals surface area contributed by atoms with Crippen LogP contribution >= 0.6 is 0 Å². The normalized spacial score (nSPS) is 18.7. The Morgan fingerprint density at radius 3 is 2.27 bits per heavy atom. The first-order chi connectivity index (χ1) is 14.1. The molecule has 4 atom stereocenters. The highest BCUT2D eigenvalue weighted by Crippen LogP contribution is 2.07. The molecule has 0 bridgehead atoms. The molecule has 0 aromatic carbocycles. The lowest BCUT2D eigenvalue weighted by atomic mass is 10.1. The van der Waals surface area contributed by atoms with Crippen LogP contribution in [0.1, 0.15) is 45.4 Å². The van der Waals surface area contributed by atoms with Gasteiger partial charge in [0.05, 0.1) is 12.5 Å². The van der Waals surface area contributed by atoms with Gasteiger partial charge in [-0.25, -0.2) is 4.79 Å². The van der Waals surface area contributed by atoms with Gasteiger partial charge in [-0.3, -0.25) is 19.2 Å². The quantitative estimate of drug-likeness (QED) is 0.160. The zero-order valence-corrected chi connectivity index (χ0v) is 17.0. The van der Waals surface area contributed by atoms with Crippen molar-refractivity contribution in [2.24, 2.45) is 5.73 Å². The van der Waals surface area contributed by atoms with Crippen LogP contribution in [0.2, 0.25) is 0 Å². The van der Waals surface area contributed by atoms with Gasteiger partial charge in [0.25, 0.3) is 0 Å². The fourth-order valence-corrected chi connectivity index (χ4v) is 2.99. The minimum atomic E-state index is -1.62. The van der Waals surface area contributed by atoms with Crippen molar-refractivity contribution in [2.45, 2.75) is 69.6 Å². The largest absolute Gasteiger partial charge is 0.481 e. The Hall–Kier alpha value is -2.73. The van der Waals surface area contributed by atoms with Crippen molar-refractivity contribution >= 4 is 29.7 Å². The number of hydrogen-bond donors (Lipinski definition) is 7. The van der Waals surface area contributed by atoms with Crippen molar-refractivity contribution in [1.82, 2.24) is 21.3 Å². The van der Waals surface area contributed by atoms with E-state index in [-0.39, 0.29) is 11.9 Å². The molecular formula is C18H31N5O7. The van der Waals surface area contributed by atoms with Gasteiger partial charge >= 0.3 is 11.9 Å². The molecule has 0 aliphatic carbocycles. The number of hydrogen-bond acceptors (Lipinski definition) is 7. The zero-order chi connectivity index (χ0) is 22.7. The molecule has 0 radical (unpaired) electrons. The van der Waals surface area contributed by atoms with Crippen LogP contribution in [0.15, 0.2) is 0 Å². The maximum atomic E-state index is 12.6. The Labute approximate surface area is 174 Å². The molecule has 1 aliphatic rings. The molecule has 30 heavy (non-hydrogen) atoms. The summed E-state index contributed by atoms with van der Waals surface area (Å²) in [6.07, 6.45) is 2.31. The lowest BCUT2D eigenvalue weighted by Gasteiger charge is -2.23. The summed E-state index contributed by atoms with van der Waals surface area (Å²) in [4.78, 5) is 59.0. The Morgan fingerprint density at radius 1 is 1.03 bits per heavy atom. The maximum Gasteiger partial charge on any atom is 0.326 e. The number of unbranched alkanes of at least 4 members (excludes halogenated alkanes) is 1. The lowest BCUT2D eigenvalue weighted by molar-refractivity contribution is -0.147. The predicted molar refractivity (Wildman–Crippen MR) is 105 cm³/mol. The first-order valence-corrected chi connectivity index (χ1v) is 9.94. The number of carboxylic acids is 2. The standard InChI is InChI=1S/C18H31N5O7/c1-10(15(26)23-13(18(29)30)9-14(24)25)21-17(28)12(5-2-3-7-19)22-16(27)11-6-4-8-20-11/h10-13,20H,2-9,19H2,1H3,(H,21,28)(H,22,27)(H,23,26)(H,24,25)(H,29,30). The zero-order valence-electron chi connectivity index (χ0n) is 17.0. The van der Waals surface area contributed by atoms with Crippen LogP contribution in [-0.2, 0) is 24.0 Å². The van der Waals surface area contributed by atoms with Crippen molar-refractivity contribution in [3.05, 3.63) is 0 Å². The molecule has 12 nitrogen and oxygen atoms in total. The average molecular weight is 429 g/mol. The highest BCUT2D eigenvalue weighted by Gasteiger charge is 2.30. The molecule has 8 N–H and O–H groups in total. The molecule has 3 amide bonds. The summed E-state index contributed by atoms with van der Waals surface area (Å²) >= 11 is 0. The predicted octanol–water partition coefficient (Wildman–Crippen LogP) is -2.10. The second kappa shape index (κ2) is 12.8. The third-order valence-corrected chi connectivity index (χ3v) is 4.70. The van der Waals surface area contributed by atoms with Crippen LogP contribution in [-0.4, -0.2) is 77.1 Å². The molecule has 0 saturated carbocycles. The number of carbonyl (C=O) groups is 5. The lowest BCUT2D eigenvalue weighted by Crippen LogP contribution is -2.56. The first-order valence-electron chi connectivity index (χ1n) is 9.94. The second-order valence-corrected chi connectivity index (χ2v) is 7.22. The van der Waals surface area contributed by atoms with E-state index >= 15 is 0 Å². The van der Waals surface area contributed by atoms with Crippen LogP contribution in [0.4, 0.5) is 0 Å². The van der Waals surface area contributed by atoms with Crippen molar-refractivity contribution in [2.75, 3.05) is 13.1 Å². The van der Waals surface area contributed by atoms with Gasteiger partial charge in [0.1, 0.15) is 18.1 Å². The number of rotatable bonds is 13. The summed E-state index contributed by atoms with van der Waals surface area (Å²) < 4.78 is 0. The van der Waals surface area contributed by atoms with E-state index in [1.807, 2.05) is 0 Å². The second-order valence-electron chi connectivity index (χ2n) is 7.22. The van der Waals surface area contributed by atoms with Gasteiger partial charge < -0.3 is 37.2 Å². The number of nitrogens with two attached hydrogens (primary N) is 1. The molecule has 1 aliphatic heterocycles. The summed E-state index contributed by atoms with van der Waals surface area (Å²) in [6, 6.07) is -4.01. The van der Waals surface area contributed by atoms with E-state index in [1.54, 1.807) is 0 Å². The number of carboxylic acid groups (broad SMARTS) is 2. The Morgan fingerprint density at radius 2 is 1.73 bits per heavy atom. The molecule has 1 saturated heterocycles. The molecule has 4 unspecified atom stereocenters. The third kappa shape index (κ3) is 8.74. The molecule has 0 aromatic heterocycles. The van der Waals surface area contributed by atoms with Gasteiger partial charge in [-0.05, 0) is 52.1 Å². The third-order valence-electron chi connectivity index (χ3n) is 4.70. The topological polar surface area (TPSA) is 200 Å². The molecule has 0 aromatic rings. The van der Waals surface area contributed by atoms with Crippen molar-refractivity contribution in [3.63, 3.8) is 0 Å². The molecule has 0 spiro atoms. The highest BCUT2D eigenvalue weighted by atomic mass is 16.4. The van der Waals surface area contributed by atoms with Gasteiger partial charge in [0.2, 0.25) is 17.7 Å². The molecule has 1 fully saturated rings. The van der Waals surface area contributed by atoms with Gasteiger partial charge in [0.15, 0.2) is 0 Å². The van der Waals surface area contributed by atoms with Crippen molar-refractivity contribution in [1.29, 1.82) is 0 Å². The van der Waals surface area contributed by atoms with E-state index in [1.165, 1.54) is 6.92 Å². The van der Waals surface area contributed by atoms with E-state index in [0.717, 1.165) is 13.0 Å². The summed E-state index contributed by atoms with van der Waals surface area (Å²) in [5, 5.41) is 28.0. The van der Waals surface area contributed by atoms with Gasteiger partial charge in [-0.2, -0.15) is 0 Å². The molecule has 1 rings (SSSR count). The highest BCUT2D eigenvalue weighted by molar-refractivity contribution is 5.94. The molecule has 12 heteroatoms. The van der Waals surface area contributed by atoms with Crippen LogP contribution in [0.25, 0.3) is 0 Å². The van der Waals surface area contributed by atoms with Crippen LogP contribution < -0.4 is 27.0 Å². The fraction of sp³-hybridized carbons (Fsp3) is 0.722. The number of aliphatic carboxylic acids is 2. The number of amides is 3. The summed E-state index contributed by atoms with van der Waals surface area (Å²) in [7, 11) is 0. The van der Waals surface area contributed by atoms with Crippen molar-refractivity contribution in [3.8, 4) is 0 Å². The van der Waals surface area contributed by atoms with Gasteiger partial charge in [-0.15, -0.1) is 0 Å². The van der Waals surface area contributed by atoms with Gasteiger partial charge in [-0.1, -0.05) is 0 Å². The smallest absolute Gasteiger partial charge is 0.326 e. The van der Waals surface area contributed by atoms with Crippen LogP contribution in [0, 0.1) is 0 Å².